The number of rotatable bonds is 5. The minimum atomic E-state index is -0.359. The van der Waals surface area contributed by atoms with Crippen LogP contribution in [0.4, 0.5) is 5.69 Å². The van der Waals surface area contributed by atoms with Crippen molar-refractivity contribution in [1.29, 1.82) is 0 Å². The third-order valence-corrected chi connectivity index (χ3v) is 5.20. The van der Waals surface area contributed by atoms with E-state index < -0.39 is 0 Å². The summed E-state index contributed by atoms with van der Waals surface area (Å²) in [5.41, 5.74) is 6.61. The van der Waals surface area contributed by atoms with Gasteiger partial charge >= 0.3 is 0 Å². The summed E-state index contributed by atoms with van der Waals surface area (Å²) in [5.74, 6) is 0.956. The van der Waals surface area contributed by atoms with E-state index in [1.807, 2.05) is 0 Å². The number of carbonyl (C=O) groups excluding carboxylic acids is 2. The summed E-state index contributed by atoms with van der Waals surface area (Å²) in [6, 6.07) is 3.47. The van der Waals surface area contributed by atoms with Crippen molar-refractivity contribution in [2.24, 2.45) is 11.7 Å². The highest BCUT2D eigenvalue weighted by atomic mass is 35.5. The summed E-state index contributed by atoms with van der Waals surface area (Å²) in [6.07, 6.45) is 2.04. The number of ether oxygens (including phenoxy) is 3. The lowest BCUT2D eigenvalue weighted by Crippen LogP contribution is -2.48. The molecule has 0 bridgehead atoms. The minimum absolute atomic E-state index is 0. The van der Waals surface area contributed by atoms with E-state index in [2.05, 4.69) is 0 Å². The van der Waals surface area contributed by atoms with Crippen molar-refractivity contribution >= 4 is 29.9 Å². The van der Waals surface area contributed by atoms with Crippen molar-refractivity contribution in [3.8, 4) is 17.2 Å². The van der Waals surface area contributed by atoms with Crippen LogP contribution in [-0.4, -0.2) is 63.7 Å². The second-order valence-electron chi connectivity index (χ2n) is 6.98. The molecule has 2 fully saturated rings. The van der Waals surface area contributed by atoms with Crippen LogP contribution in [0.15, 0.2) is 12.1 Å². The van der Waals surface area contributed by atoms with Gasteiger partial charge in [-0.3, -0.25) is 9.59 Å². The third-order valence-electron chi connectivity index (χ3n) is 5.20. The summed E-state index contributed by atoms with van der Waals surface area (Å²) in [5, 5.41) is 0. The minimum Gasteiger partial charge on any atom is -0.493 e. The first-order chi connectivity index (χ1) is 13.0. The number of hydrogen-bond donors (Lipinski definition) is 1. The number of anilines is 1. The fourth-order valence-corrected chi connectivity index (χ4v) is 3.81. The Morgan fingerprint density at radius 3 is 2.29 bits per heavy atom. The van der Waals surface area contributed by atoms with Gasteiger partial charge in [0.1, 0.15) is 0 Å². The molecule has 2 atom stereocenters. The molecule has 2 unspecified atom stereocenters. The van der Waals surface area contributed by atoms with Crippen molar-refractivity contribution in [3.05, 3.63) is 12.1 Å². The number of carbonyl (C=O) groups is 2. The Balaban J connectivity index is 0.00000280. The van der Waals surface area contributed by atoms with Gasteiger partial charge in [0.2, 0.25) is 17.6 Å². The monoisotopic (exact) mass is 413 g/mol. The van der Waals surface area contributed by atoms with Gasteiger partial charge in [0.15, 0.2) is 11.5 Å². The molecule has 156 valence electrons. The zero-order valence-electron chi connectivity index (χ0n) is 16.5. The molecule has 8 nitrogen and oxygen atoms in total. The second-order valence-corrected chi connectivity index (χ2v) is 6.98. The normalized spacial score (nSPS) is 21.9. The van der Waals surface area contributed by atoms with Crippen LogP contribution in [0.25, 0.3) is 0 Å². The molecule has 0 saturated carbocycles. The van der Waals surface area contributed by atoms with E-state index in [4.69, 9.17) is 19.9 Å². The first kappa shape index (κ1) is 22.1. The van der Waals surface area contributed by atoms with Crippen LogP contribution in [0, 0.1) is 5.92 Å². The highest BCUT2D eigenvalue weighted by molar-refractivity contribution is 6.00. The molecule has 0 radical (unpaired) electrons. The average molecular weight is 414 g/mol. The zero-order chi connectivity index (χ0) is 19.6. The summed E-state index contributed by atoms with van der Waals surface area (Å²) in [6.45, 7) is 1.61. The van der Waals surface area contributed by atoms with Crippen LogP contribution in [0.5, 0.6) is 17.2 Å². The number of methoxy groups -OCH3 is 3. The Kier molecular flexibility index (Phi) is 7.37. The van der Waals surface area contributed by atoms with Crippen LogP contribution >= 0.6 is 12.4 Å². The number of piperidine rings is 1. The van der Waals surface area contributed by atoms with Crippen molar-refractivity contribution in [2.75, 3.05) is 45.9 Å². The maximum absolute atomic E-state index is 12.8. The van der Waals surface area contributed by atoms with Gasteiger partial charge in [-0.25, -0.2) is 0 Å². The smallest absolute Gasteiger partial charge is 0.228 e. The molecule has 28 heavy (non-hydrogen) atoms. The van der Waals surface area contributed by atoms with Gasteiger partial charge in [-0.2, -0.15) is 0 Å². The van der Waals surface area contributed by atoms with E-state index in [-0.39, 0.29) is 42.6 Å². The van der Waals surface area contributed by atoms with Crippen LogP contribution in [0.1, 0.15) is 19.3 Å². The highest BCUT2D eigenvalue weighted by Crippen LogP contribution is 2.42. The number of nitrogens with zero attached hydrogens (tertiary/aromatic N) is 2. The Hall–Kier alpha value is -2.19. The van der Waals surface area contributed by atoms with Crippen molar-refractivity contribution in [2.45, 2.75) is 25.3 Å². The molecular weight excluding hydrogens is 386 g/mol. The largest absolute Gasteiger partial charge is 0.493 e. The molecule has 2 saturated heterocycles. The predicted molar refractivity (Wildman–Crippen MR) is 108 cm³/mol. The molecule has 9 heteroatoms. The van der Waals surface area contributed by atoms with Gasteiger partial charge in [0.05, 0.1) is 32.9 Å². The van der Waals surface area contributed by atoms with Gasteiger partial charge in [-0.15, -0.1) is 12.4 Å². The molecular formula is C19H28ClN3O5. The van der Waals surface area contributed by atoms with Gasteiger partial charge in [0, 0.05) is 44.2 Å². The van der Waals surface area contributed by atoms with Crippen LogP contribution in [0.3, 0.4) is 0 Å². The lowest BCUT2D eigenvalue weighted by molar-refractivity contribution is -0.136. The molecule has 0 aliphatic carbocycles. The van der Waals surface area contributed by atoms with E-state index in [0.717, 1.165) is 12.8 Å². The van der Waals surface area contributed by atoms with E-state index >= 15 is 0 Å². The van der Waals surface area contributed by atoms with Crippen molar-refractivity contribution in [3.63, 3.8) is 0 Å². The predicted octanol–water partition coefficient (Wildman–Crippen LogP) is 1.44. The Bertz CT molecular complexity index is 705. The number of amides is 2. The summed E-state index contributed by atoms with van der Waals surface area (Å²) in [7, 11) is 4.58. The Morgan fingerprint density at radius 1 is 1.11 bits per heavy atom. The van der Waals surface area contributed by atoms with Crippen LogP contribution in [-0.2, 0) is 9.59 Å². The van der Waals surface area contributed by atoms with E-state index in [9.17, 15) is 9.59 Å². The van der Waals surface area contributed by atoms with Gasteiger partial charge < -0.3 is 29.7 Å². The number of nitrogens with two attached hydrogens (primary N) is 1. The topological polar surface area (TPSA) is 94.3 Å². The fourth-order valence-electron chi connectivity index (χ4n) is 3.81. The van der Waals surface area contributed by atoms with E-state index in [1.165, 1.54) is 21.3 Å². The highest BCUT2D eigenvalue weighted by Gasteiger charge is 2.38. The van der Waals surface area contributed by atoms with Gasteiger partial charge in [-0.1, -0.05) is 0 Å². The Morgan fingerprint density at radius 2 is 1.75 bits per heavy atom. The molecule has 2 N–H and O–H groups in total. The molecule has 0 spiro atoms. The lowest BCUT2D eigenvalue weighted by Gasteiger charge is -2.32. The first-order valence-electron chi connectivity index (χ1n) is 9.13. The quantitative estimate of drug-likeness (QED) is 0.784. The van der Waals surface area contributed by atoms with Crippen LogP contribution < -0.4 is 24.8 Å². The van der Waals surface area contributed by atoms with Crippen molar-refractivity contribution < 1.29 is 23.8 Å². The third kappa shape index (κ3) is 4.28. The number of halogens is 1. The maximum Gasteiger partial charge on any atom is 0.228 e. The zero-order valence-corrected chi connectivity index (χ0v) is 17.3. The fraction of sp³-hybridized carbons (Fsp3) is 0.579. The SMILES string of the molecule is COc1cc(N2CC(C(=O)N3CCCC(N)C3)CC2=O)cc(OC)c1OC.Cl. The molecule has 1 aromatic carbocycles. The molecule has 2 aliphatic rings. The summed E-state index contributed by atoms with van der Waals surface area (Å²) < 4.78 is 16.1. The molecule has 2 heterocycles. The van der Waals surface area contributed by atoms with E-state index in [1.54, 1.807) is 21.9 Å². The molecule has 1 aromatic rings. The molecule has 2 aliphatic heterocycles. The van der Waals surface area contributed by atoms with Gasteiger partial charge in [0.25, 0.3) is 0 Å². The van der Waals surface area contributed by atoms with Crippen molar-refractivity contribution in [1.82, 2.24) is 4.90 Å². The average Bonchev–Trinajstić information content (AvgIpc) is 3.07. The lowest BCUT2D eigenvalue weighted by atomic mass is 10.0. The van der Waals surface area contributed by atoms with E-state index in [0.29, 0.717) is 42.6 Å². The molecule has 0 aromatic heterocycles. The second kappa shape index (κ2) is 9.34. The maximum atomic E-state index is 12.8. The molecule has 3 rings (SSSR count). The summed E-state index contributed by atoms with van der Waals surface area (Å²) in [4.78, 5) is 28.8. The van der Waals surface area contributed by atoms with Gasteiger partial charge in [-0.05, 0) is 12.8 Å². The first-order valence-corrected chi connectivity index (χ1v) is 9.13. The molecule has 2 amide bonds. The van der Waals surface area contributed by atoms with Crippen LogP contribution in [0.2, 0.25) is 0 Å². The standard InChI is InChI=1S/C19H27N3O5.ClH/c1-25-15-8-14(9-16(26-2)18(15)27-3)22-10-12(7-17(22)23)19(24)21-6-4-5-13(20)11-21;/h8-9,12-13H,4-7,10-11,20H2,1-3H3;1H. The number of benzene rings is 1. The summed E-state index contributed by atoms with van der Waals surface area (Å²) >= 11 is 0. The number of likely N-dealkylation sites (tertiary alicyclic amines) is 1. The number of hydrogen-bond acceptors (Lipinski definition) is 6. The Labute approximate surface area is 171 Å².